The molecule has 0 aliphatic carbocycles. The summed E-state index contributed by atoms with van der Waals surface area (Å²) in [5, 5.41) is 19.1. The van der Waals surface area contributed by atoms with Crippen molar-refractivity contribution in [2.75, 3.05) is 14.2 Å². The van der Waals surface area contributed by atoms with Gasteiger partial charge < -0.3 is 19.7 Å². The number of hydrogen-bond donors (Lipinski definition) is 2. The topological polar surface area (TPSA) is 93.1 Å². The molecule has 0 heterocycles. The van der Waals surface area contributed by atoms with Gasteiger partial charge >= 0.3 is 0 Å². The lowest BCUT2D eigenvalue weighted by molar-refractivity contribution is -0.121. The molecule has 27 heavy (non-hydrogen) atoms. The molecule has 0 radical (unpaired) electrons. The van der Waals surface area contributed by atoms with E-state index >= 15 is 0 Å². The van der Waals surface area contributed by atoms with Crippen molar-refractivity contribution in [3.8, 4) is 23.0 Å². The van der Waals surface area contributed by atoms with Crippen LogP contribution in [0.3, 0.4) is 0 Å². The molecule has 0 aromatic heterocycles. The average Bonchev–Trinajstić information content (AvgIpc) is 2.65. The van der Waals surface area contributed by atoms with E-state index in [1.807, 2.05) is 0 Å². The minimum Gasteiger partial charge on any atom is -0.508 e. The van der Waals surface area contributed by atoms with Gasteiger partial charge in [-0.2, -0.15) is 0 Å². The number of phenols is 2. The van der Waals surface area contributed by atoms with E-state index in [-0.39, 0.29) is 29.5 Å². The number of carbonyl (C=O) groups is 2. The Balaban J connectivity index is 1.99. The molecule has 2 N–H and O–H groups in total. The van der Waals surface area contributed by atoms with E-state index in [1.165, 1.54) is 50.6 Å². The summed E-state index contributed by atoms with van der Waals surface area (Å²) in [5.41, 5.74) is 1.19. The minimum absolute atomic E-state index is 0.00340. The van der Waals surface area contributed by atoms with Crippen molar-refractivity contribution in [2.45, 2.75) is 6.42 Å². The zero-order chi connectivity index (χ0) is 19.8. The fourth-order valence-corrected chi connectivity index (χ4v) is 2.31. The Bertz CT molecular complexity index is 896. The number of methoxy groups -OCH3 is 2. The molecule has 0 saturated heterocycles. The molecule has 0 spiro atoms. The zero-order valence-electron chi connectivity index (χ0n) is 15.0. The van der Waals surface area contributed by atoms with Gasteiger partial charge in [0, 0.05) is 5.56 Å². The number of ether oxygens (including phenoxy) is 2. The van der Waals surface area contributed by atoms with Gasteiger partial charge in [0.05, 0.1) is 20.6 Å². The Labute approximate surface area is 157 Å². The molecule has 6 heteroatoms. The SMILES string of the molecule is COc1cc(/C=C/C(=O)CC(=O)/C=C/c2cc(O)ccc2OC)ccc1O. The number of allylic oxidation sites excluding steroid dienone is 2. The highest BCUT2D eigenvalue weighted by Crippen LogP contribution is 2.27. The van der Waals surface area contributed by atoms with Crippen molar-refractivity contribution in [3.63, 3.8) is 0 Å². The first-order valence-electron chi connectivity index (χ1n) is 8.08. The fraction of sp³-hybridized carbons (Fsp3) is 0.143. The van der Waals surface area contributed by atoms with Crippen LogP contribution in [0.15, 0.2) is 48.6 Å². The molecule has 0 fully saturated rings. The van der Waals surface area contributed by atoms with E-state index in [2.05, 4.69) is 0 Å². The first-order valence-corrected chi connectivity index (χ1v) is 8.08. The lowest BCUT2D eigenvalue weighted by atomic mass is 10.1. The van der Waals surface area contributed by atoms with Crippen LogP contribution in [0.5, 0.6) is 23.0 Å². The molecule has 0 saturated carbocycles. The summed E-state index contributed by atoms with van der Waals surface area (Å²) < 4.78 is 10.1. The fourth-order valence-electron chi connectivity index (χ4n) is 2.31. The predicted molar refractivity (Wildman–Crippen MR) is 102 cm³/mol. The van der Waals surface area contributed by atoms with Crippen molar-refractivity contribution in [2.24, 2.45) is 0 Å². The van der Waals surface area contributed by atoms with Gasteiger partial charge in [-0.1, -0.05) is 12.1 Å². The van der Waals surface area contributed by atoms with Crippen LogP contribution in [0.4, 0.5) is 0 Å². The number of ketones is 2. The van der Waals surface area contributed by atoms with Crippen molar-refractivity contribution in [1.29, 1.82) is 0 Å². The number of rotatable bonds is 8. The van der Waals surface area contributed by atoms with Gasteiger partial charge in [-0.3, -0.25) is 9.59 Å². The molecule has 0 aliphatic rings. The van der Waals surface area contributed by atoms with E-state index in [9.17, 15) is 19.8 Å². The lowest BCUT2D eigenvalue weighted by Gasteiger charge is -2.04. The van der Waals surface area contributed by atoms with Crippen LogP contribution < -0.4 is 9.47 Å². The minimum atomic E-state index is -0.377. The van der Waals surface area contributed by atoms with Gasteiger partial charge in [0.25, 0.3) is 0 Å². The lowest BCUT2D eigenvalue weighted by Crippen LogP contribution is -2.02. The van der Waals surface area contributed by atoms with Gasteiger partial charge in [0.1, 0.15) is 11.5 Å². The van der Waals surface area contributed by atoms with Crippen LogP contribution in [-0.2, 0) is 9.59 Å². The first-order chi connectivity index (χ1) is 12.9. The maximum absolute atomic E-state index is 12.0. The third-order valence-corrected chi connectivity index (χ3v) is 3.68. The van der Waals surface area contributed by atoms with E-state index in [0.29, 0.717) is 22.6 Å². The summed E-state index contributed by atoms with van der Waals surface area (Å²) in [5.74, 6) is 0.112. The quantitative estimate of drug-likeness (QED) is 0.548. The van der Waals surface area contributed by atoms with Crippen molar-refractivity contribution in [3.05, 3.63) is 59.7 Å². The average molecular weight is 368 g/mol. The van der Waals surface area contributed by atoms with Crippen molar-refractivity contribution < 1.29 is 29.3 Å². The number of benzene rings is 2. The van der Waals surface area contributed by atoms with Crippen molar-refractivity contribution >= 4 is 23.7 Å². The first kappa shape index (κ1) is 19.8. The molecular formula is C21H20O6. The Morgan fingerprint density at radius 2 is 1.56 bits per heavy atom. The summed E-state index contributed by atoms with van der Waals surface area (Å²) in [7, 11) is 2.92. The van der Waals surface area contributed by atoms with E-state index in [1.54, 1.807) is 24.3 Å². The van der Waals surface area contributed by atoms with Crippen LogP contribution in [-0.4, -0.2) is 36.0 Å². The molecule has 0 bridgehead atoms. The molecule has 0 atom stereocenters. The Morgan fingerprint density at radius 3 is 2.22 bits per heavy atom. The standard InChI is InChI=1S/C21H20O6/c1-26-20-10-8-16(22)12-15(20)5-7-18(24)13-17(23)6-3-14-4-9-19(25)21(11-14)27-2/h3-12,22,25H,13H2,1-2H3/b6-3+,7-5+. The van der Waals surface area contributed by atoms with Gasteiger partial charge in [0.2, 0.25) is 0 Å². The van der Waals surface area contributed by atoms with E-state index in [0.717, 1.165) is 0 Å². The molecule has 0 aliphatic heterocycles. The van der Waals surface area contributed by atoms with Crippen molar-refractivity contribution in [1.82, 2.24) is 0 Å². The largest absolute Gasteiger partial charge is 0.508 e. The predicted octanol–water partition coefficient (Wildman–Crippen LogP) is 3.37. The Hall–Kier alpha value is -3.54. The maximum atomic E-state index is 12.0. The molecule has 2 aromatic carbocycles. The van der Waals surface area contributed by atoms with E-state index in [4.69, 9.17) is 9.47 Å². The second-order valence-electron chi connectivity index (χ2n) is 5.63. The molecule has 140 valence electrons. The zero-order valence-corrected chi connectivity index (χ0v) is 15.0. The summed E-state index contributed by atoms with van der Waals surface area (Å²) >= 11 is 0. The van der Waals surface area contributed by atoms with Gasteiger partial charge in [-0.15, -0.1) is 0 Å². The highest BCUT2D eigenvalue weighted by atomic mass is 16.5. The monoisotopic (exact) mass is 368 g/mol. The highest BCUT2D eigenvalue weighted by molar-refractivity contribution is 6.11. The van der Waals surface area contributed by atoms with Gasteiger partial charge in [0.15, 0.2) is 23.1 Å². The maximum Gasteiger partial charge on any atom is 0.163 e. The highest BCUT2D eigenvalue weighted by Gasteiger charge is 2.06. The van der Waals surface area contributed by atoms with Gasteiger partial charge in [-0.25, -0.2) is 0 Å². The second-order valence-corrected chi connectivity index (χ2v) is 5.63. The number of carbonyl (C=O) groups excluding carboxylic acids is 2. The molecule has 0 unspecified atom stereocenters. The molecule has 2 aromatic rings. The Morgan fingerprint density at radius 1 is 0.889 bits per heavy atom. The van der Waals surface area contributed by atoms with E-state index < -0.39 is 0 Å². The summed E-state index contributed by atoms with van der Waals surface area (Å²) in [6.45, 7) is 0. The molecule has 0 amide bonds. The molecular weight excluding hydrogens is 348 g/mol. The van der Waals surface area contributed by atoms with Crippen LogP contribution in [0.1, 0.15) is 17.5 Å². The van der Waals surface area contributed by atoms with Crippen LogP contribution in [0, 0.1) is 0 Å². The van der Waals surface area contributed by atoms with Crippen LogP contribution in [0.2, 0.25) is 0 Å². The van der Waals surface area contributed by atoms with Crippen LogP contribution >= 0.6 is 0 Å². The molecule has 2 rings (SSSR count). The van der Waals surface area contributed by atoms with Gasteiger partial charge in [-0.05, 0) is 54.1 Å². The normalized spacial score (nSPS) is 11.0. The summed E-state index contributed by atoms with van der Waals surface area (Å²) in [4.78, 5) is 23.9. The summed E-state index contributed by atoms with van der Waals surface area (Å²) in [6, 6.07) is 9.18. The number of aromatic hydroxyl groups is 2. The second kappa shape index (κ2) is 9.24. The third-order valence-electron chi connectivity index (χ3n) is 3.68. The third kappa shape index (κ3) is 5.74. The number of phenolic OH excluding ortho intramolecular Hbond substituents is 2. The summed E-state index contributed by atoms with van der Waals surface area (Å²) in [6.07, 6.45) is 5.31. The molecule has 6 nitrogen and oxygen atoms in total. The number of hydrogen-bond acceptors (Lipinski definition) is 6. The Kier molecular flexibility index (Phi) is 6.77. The van der Waals surface area contributed by atoms with Crippen LogP contribution in [0.25, 0.3) is 12.2 Å². The smallest absolute Gasteiger partial charge is 0.163 e.